The van der Waals surface area contributed by atoms with E-state index < -0.39 is 6.10 Å². The van der Waals surface area contributed by atoms with Gasteiger partial charge in [0.1, 0.15) is 0 Å². The second-order valence-electron chi connectivity index (χ2n) is 6.30. The number of aromatic nitrogens is 4. The minimum atomic E-state index is -0.616. The highest BCUT2D eigenvalue weighted by Gasteiger charge is 2.19. The molecule has 3 rings (SSSR count). The highest BCUT2D eigenvalue weighted by Crippen LogP contribution is 2.23. The van der Waals surface area contributed by atoms with Crippen LogP contribution in [0.5, 0.6) is 0 Å². The molecule has 0 unspecified atom stereocenters. The molecule has 3 aromatic rings. The molecule has 0 aliphatic carbocycles. The van der Waals surface area contributed by atoms with Gasteiger partial charge < -0.3 is 9.15 Å². The quantitative estimate of drug-likeness (QED) is 0.334. The minimum absolute atomic E-state index is 0.230. The molecule has 0 fully saturated rings. The molecular formula is C20H22N4O3S. The Morgan fingerprint density at radius 1 is 1.14 bits per heavy atom. The lowest BCUT2D eigenvalue weighted by molar-refractivity contribution is -0.149. The van der Waals surface area contributed by atoms with Crippen LogP contribution in [-0.4, -0.2) is 32.4 Å². The summed E-state index contributed by atoms with van der Waals surface area (Å²) in [5.41, 5.74) is 3.58. The van der Waals surface area contributed by atoms with E-state index in [1.165, 1.54) is 11.8 Å². The van der Waals surface area contributed by atoms with Crippen LogP contribution in [0.3, 0.4) is 0 Å². The first kappa shape index (κ1) is 20.0. The van der Waals surface area contributed by atoms with Gasteiger partial charge in [0, 0.05) is 23.4 Å². The molecule has 1 atom stereocenters. The van der Waals surface area contributed by atoms with Crippen molar-refractivity contribution in [2.45, 2.75) is 44.9 Å². The number of thioether (sulfide) groups is 1. The number of rotatable bonds is 7. The van der Waals surface area contributed by atoms with Crippen molar-refractivity contribution in [3.63, 3.8) is 0 Å². The van der Waals surface area contributed by atoms with Crippen LogP contribution in [0.4, 0.5) is 0 Å². The summed E-state index contributed by atoms with van der Waals surface area (Å²) >= 11 is 1.50. The topological polar surface area (TPSA) is 91.0 Å². The van der Waals surface area contributed by atoms with E-state index in [2.05, 4.69) is 20.2 Å². The summed E-state index contributed by atoms with van der Waals surface area (Å²) in [6.07, 6.45) is 2.08. The zero-order chi connectivity index (χ0) is 20.1. The lowest BCUT2D eigenvalue weighted by Gasteiger charge is -2.11. The molecule has 8 heteroatoms. The van der Waals surface area contributed by atoms with Gasteiger partial charge in [-0.25, -0.2) is 9.97 Å². The van der Waals surface area contributed by atoms with Crippen LogP contribution < -0.4 is 0 Å². The van der Waals surface area contributed by atoms with E-state index in [-0.39, 0.29) is 18.3 Å². The van der Waals surface area contributed by atoms with Gasteiger partial charge in [-0.2, -0.15) is 0 Å². The predicted molar refractivity (Wildman–Crippen MR) is 106 cm³/mol. The van der Waals surface area contributed by atoms with Crippen LogP contribution >= 0.6 is 11.8 Å². The van der Waals surface area contributed by atoms with Gasteiger partial charge in [0.15, 0.2) is 11.3 Å². The van der Waals surface area contributed by atoms with Crippen molar-refractivity contribution in [2.24, 2.45) is 0 Å². The van der Waals surface area contributed by atoms with Crippen LogP contribution in [0.1, 0.15) is 42.3 Å². The average Bonchev–Trinajstić information content (AvgIpc) is 3.18. The molecular weight excluding hydrogens is 376 g/mol. The van der Waals surface area contributed by atoms with Gasteiger partial charge >= 0.3 is 5.97 Å². The molecule has 0 bridgehead atoms. The van der Waals surface area contributed by atoms with Crippen LogP contribution in [0.2, 0.25) is 0 Å². The molecule has 0 aliphatic rings. The van der Waals surface area contributed by atoms with Crippen molar-refractivity contribution in [3.8, 4) is 11.5 Å². The summed E-state index contributed by atoms with van der Waals surface area (Å²) in [7, 11) is 0. The van der Waals surface area contributed by atoms with E-state index in [4.69, 9.17) is 9.15 Å². The molecule has 1 aromatic carbocycles. The maximum atomic E-state index is 12.3. The summed E-state index contributed by atoms with van der Waals surface area (Å²) in [5, 5.41) is 8.75. The molecule has 146 valence electrons. The molecule has 2 heterocycles. The Kier molecular flexibility index (Phi) is 6.41. The maximum absolute atomic E-state index is 12.3. The molecule has 0 spiro atoms. The average molecular weight is 398 g/mol. The number of carbonyl (C=O) groups excluding carboxylic acids is 1. The van der Waals surface area contributed by atoms with Crippen molar-refractivity contribution in [1.82, 2.24) is 20.2 Å². The van der Waals surface area contributed by atoms with E-state index >= 15 is 0 Å². The normalized spacial score (nSPS) is 12.0. The lowest BCUT2D eigenvalue weighted by Crippen LogP contribution is -2.11. The van der Waals surface area contributed by atoms with E-state index in [9.17, 15) is 4.79 Å². The highest BCUT2D eigenvalue weighted by molar-refractivity contribution is 7.98. The summed E-state index contributed by atoms with van der Waals surface area (Å²) < 4.78 is 11.1. The second kappa shape index (κ2) is 8.97. The van der Waals surface area contributed by atoms with E-state index in [0.717, 1.165) is 27.7 Å². The Morgan fingerprint density at radius 2 is 1.82 bits per heavy atom. The standard InChI is InChI=1S/C20H22N4O3S/c1-12-16(13(2)22-20(21-12)28-4)10-11-17(25)26-14(3)18-23-24-19(27-18)15-8-6-5-7-9-15/h5-9,14H,10-11H2,1-4H3/t14-/m1/s1. The number of aryl methyl sites for hydroxylation is 2. The Balaban J connectivity index is 1.59. The summed E-state index contributed by atoms with van der Waals surface area (Å²) in [6.45, 7) is 5.58. The zero-order valence-electron chi connectivity index (χ0n) is 16.3. The number of benzene rings is 1. The van der Waals surface area contributed by atoms with Crippen LogP contribution in [0, 0.1) is 13.8 Å². The van der Waals surface area contributed by atoms with Gasteiger partial charge in [-0.15, -0.1) is 10.2 Å². The molecule has 0 saturated heterocycles. The third-order valence-corrected chi connectivity index (χ3v) is 4.83. The number of hydrogen-bond donors (Lipinski definition) is 0. The lowest BCUT2D eigenvalue weighted by atomic mass is 10.1. The summed E-state index contributed by atoms with van der Waals surface area (Å²) in [4.78, 5) is 21.1. The Hall–Kier alpha value is -2.74. The van der Waals surface area contributed by atoms with E-state index in [1.807, 2.05) is 50.4 Å². The highest BCUT2D eigenvalue weighted by atomic mass is 32.2. The summed E-state index contributed by atoms with van der Waals surface area (Å²) in [6, 6.07) is 9.45. The summed E-state index contributed by atoms with van der Waals surface area (Å²) in [5.74, 6) is 0.336. The third-order valence-electron chi connectivity index (χ3n) is 4.28. The van der Waals surface area contributed by atoms with E-state index in [1.54, 1.807) is 6.92 Å². The van der Waals surface area contributed by atoms with Crippen molar-refractivity contribution < 1.29 is 13.9 Å². The number of carbonyl (C=O) groups is 1. The van der Waals surface area contributed by atoms with Gasteiger partial charge in [-0.05, 0) is 51.1 Å². The fourth-order valence-electron chi connectivity index (χ4n) is 2.79. The zero-order valence-corrected chi connectivity index (χ0v) is 17.1. The molecule has 2 aromatic heterocycles. The minimum Gasteiger partial charge on any atom is -0.453 e. The van der Waals surface area contributed by atoms with Gasteiger partial charge in [0.25, 0.3) is 5.89 Å². The molecule has 0 N–H and O–H groups in total. The fraction of sp³-hybridized carbons (Fsp3) is 0.350. The van der Waals surface area contributed by atoms with Crippen molar-refractivity contribution >= 4 is 17.7 Å². The monoisotopic (exact) mass is 398 g/mol. The molecule has 28 heavy (non-hydrogen) atoms. The van der Waals surface area contributed by atoms with Gasteiger partial charge in [0.2, 0.25) is 5.89 Å². The van der Waals surface area contributed by atoms with E-state index in [0.29, 0.717) is 12.3 Å². The molecule has 7 nitrogen and oxygen atoms in total. The van der Waals surface area contributed by atoms with Gasteiger partial charge in [-0.1, -0.05) is 30.0 Å². The fourth-order valence-corrected chi connectivity index (χ4v) is 3.25. The maximum Gasteiger partial charge on any atom is 0.306 e. The van der Waals surface area contributed by atoms with Crippen LogP contribution in [0.15, 0.2) is 39.9 Å². The number of esters is 1. The largest absolute Gasteiger partial charge is 0.453 e. The third kappa shape index (κ3) is 4.75. The van der Waals surface area contributed by atoms with Crippen LogP contribution in [-0.2, 0) is 16.0 Å². The Labute approximate surface area is 168 Å². The SMILES string of the molecule is CSc1nc(C)c(CCC(=O)O[C@H](C)c2nnc(-c3ccccc3)o2)c(C)n1. The first-order valence-electron chi connectivity index (χ1n) is 8.94. The van der Waals surface area contributed by atoms with Crippen LogP contribution in [0.25, 0.3) is 11.5 Å². The molecule has 0 saturated carbocycles. The van der Waals surface area contributed by atoms with Crippen molar-refractivity contribution in [1.29, 1.82) is 0 Å². The number of ether oxygens (including phenoxy) is 1. The smallest absolute Gasteiger partial charge is 0.306 e. The Bertz CT molecular complexity index is 936. The number of nitrogens with zero attached hydrogens (tertiary/aromatic N) is 4. The van der Waals surface area contributed by atoms with Crippen molar-refractivity contribution in [3.05, 3.63) is 53.2 Å². The Morgan fingerprint density at radius 3 is 2.46 bits per heavy atom. The predicted octanol–water partition coefficient (Wildman–Crippen LogP) is 4.10. The van der Waals surface area contributed by atoms with Crippen molar-refractivity contribution in [2.75, 3.05) is 6.26 Å². The second-order valence-corrected chi connectivity index (χ2v) is 7.08. The number of hydrogen-bond acceptors (Lipinski definition) is 8. The van der Waals surface area contributed by atoms with Gasteiger partial charge in [-0.3, -0.25) is 4.79 Å². The first-order valence-corrected chi connectivity index (χ1v) is 10.2. The molecule has 0 amide bonds. The van der Waals surface area contributed by atoms with Gasteiger partial charge in [0.05, 0.1) is 0 Å². The molecule has 0 radical (unpaired) electrons. The first-order chi connectivity index (χ1) is 13.5. The molecule has 0 aliphatic heterocycles.